The maximum Gasteiger partial charge on any atom is 0.119 e. The molecule has 1 unspecified atom stereocenters. The Bertz CT molecular complexity index is 828. The van der Waals surface area contributed by atoms with E-state index in [1.54, 1.807) is 0 Å². The van der Waals surface area contributed by atoms with E-state index in [0.29, 0.717) is 19.1 Å². The van der Waals surface area contributed by atoms with Gasteiger partial charge in [-0.3, -0.25) is 4.90 Å². The van der Waals surface area contributed by atoms with Crippen LogP contribution in [0.2, 0.25) is 5.02 Å². The van der Waals surface area contributed by atoms with E-state index < -0.39 is 6.10 Å². The molecule has 1 N–H and O–H groups in total. The molecule has 1 saturated carbocycles. The average molecular weight is 443 g/mol. The molecule has 168 valence electrons. The van der Waals surface area contributed by atoms with Crippen molar-refractivity contribution in [3.05, 3.63) is 58.6 Å². The molecular formula is C26H35ClN2O2. The number of ether oxygens (including phenoxy) is 1. The quantitative estimate of drug-likeness (QED) is 0.634. The molecule has 0 amide bonds. The van der Waals surface area contributed by atoms with Crippen LogP contribution in [-0.4, -0.2) is 55.4 Å². The SMILES string of the molecule is Cc1ccc(Cl)cc1N1CCN(CC(O)COc2ccc(C3CCCCC3)cc2)CC1. The summed E-state index contributed by atoms with van der Waals surface area (Å²) in [6.45, 7) is 6.84. The number of benzene rings is 2. The summed E-state index contributed by atoms with van der Waals surface area (Å²) in [7, 11) is 0. The van der Waals surface area contributed by atoms with Gasteiger partial charge < -0.3 is 14.7 Å². The molecule has 2 aromatic rings. The Hall–Kier alpha value is -1.75. The largest absolute Gasteiger partial charge is 0.491 e. The Morgan fingerprint density at radius 3 is 2.42 bits per heavy atom. The monoisotopic (exact) mass is 442 g/mol. The molecule has 4 rings (SSSR count). The minimum atomic E-state index is -0.488. The zero-order chi connectivity index (χ0) is 21.6. The number of aliphatic hydroxyl groups excluding tert-OH is 1. The summed E-state index contributed by atoms with van der Waals surface area (Å²) in [4.78, 5) is 4.70. The predicted octanol–water partition coefficient (Wildman–Crippen LogP) is 5.26. The zero-order valence-electron chi connectivity index (χ0n) is 18.6. The lowest BCUT2D eigenvalue weighted by Crippen LogP contribution is -2.49. The van der Waals surface area contributed by atoms with Crippen LogP contribution in [0.15, 0.2) is 42.5 Å². The van der Waals surface area contributed by atoms with Crippen molar-refractivity contribution in [1.29, 1.82) is 0 Å². The van der Waals surface area contributed by atoms with E-state index in [9.17, 15) is 5.11 Å². The first kappa shape index (κ1) is 22.4. The molecule has 0 aromatic heterocycles. The van der Waals surface area contributed by atoms with Gasteiger partial charge in [0.15, 0.2) is 0 Å². The molecule has 1 atom stereocenters. The molecule has 2 fully saturated rings. The number of piperazine rings is 1. The van der Waals surface area contributed by atoms with Crippen LogP contribution in [0.4, 0.5) is 5.69 Å². The van der Waals surface area contributed by atoms with Crippen molar-refractivity contribution < 1.29 is 9.84 Å². The highest BCUT2D eigenvalue weighted by Crippen LogP contribution is 2.33. The van der Waals surface area contributed by atoms with Crippen molar-refractivity contribution in [1.82, 2.24) is 4.90 Å². The summed E-state index contributed by atoms with van der Waals surface area (Å²) in [5.41, 5.74) is 3.90. The minimum absolute atomic E-state index is 0.330. The summed E-state index contributed by atoms with van der Waals surface area (Å²) in [6.07, 6.45) is 6.21. The van der Waals surface area contributed by atoms with Gasteiger partial charge in [0, 0.05) is 43.4 Å². The molecule has 5 heteroatoms. The van der Waals surface area contributed by atoms with Crippen molar-refractivity contribution in [2.75, 3.05) is 44.2 Å². The van der Waals surface area contributed by atoms with Gasteiger partial charge in [-0.05, 0) is 61.1 Å². The van der Waals surface area contributed by atoms with E-state index in [-0.39, 0.29) is 0 Å². The third-order valence-corrected chi connectivity index (χ3v) is 6.99. The van der Waals surface area contributed by atoms with Crippen LogP contribution >= 0.6 is 11.6 Å². The topological polar surface area (TPSA) is 35.9 Å². The molecular weight excluding hydrogens is 408 g/mol. The number of nitrogens with zero attached hydrogens (tertiary/aromatic N) is 2. The molecule has 0 bridgehead atoms. The molecule has 1 aliphatic heterocycles. The van der Waals surface area contributed by atoms with Gasteiger partial charge in [-0.25, -0.2) is 0 Å². The Kier molecular flexibility index (Phi) is 7.76. The van der Waals surface area contributed by atoms with Crippen LogP contribution in [0.3, 0.4) is 0 Å². The molecule has 0 spiro atoms. The van der Waals surface area contributed by atoms with E-state index in [0.717, 1.165) is 37.0 Å². The highest BCUT2D eigenvalue weighted by molar-refractivity contribution is 6.30. The van der Waals surface area contributed by atoms with Crippen molar-refractivity contribution in [2.45, 2.75) is 51.0 Å². The van der Waals surface area contributed by atoms with Gasteiger partial charge in [0.25, 0.3) is 0 Å². The fraction of sp³-hybridized carbons (Fsp3) is 0.538. The molecule has 0 radical (unpaired) electrons. The van der Waals surface area contributed by atoms with Crippen molar-refractivity contribution in [2.24, 2.45) is 0 Å². The van der Waals surface area contributed by atoms with Gasteiger partial charge in [0.2, 0.25) is 0 Å². The first-order valence-corrected chi connectivity index (χ1v) is 12.1. The number of rotatable bonds is 7. The van der Waals surface area contributed by atoms with Crippen LogP contribution < -0.4 is 9.64 Å². The van der Waals surface area contributed by atoms with Crippen LogP contribution in [0.5, 0.6) is 5.75 Å². The Labute approximate surface area is 191 Å². The first-order chi connectivity index (χ1) is 15.1. The normalized spacial score (nSPS) is 19.4. The van der Waals surface area contributed by atoms with E-state index >= 15 is 0 Å². The molecule has 4 nitrogen and oxygen atoms in total. The lowest BCUT2D eigenvalue weighted by atomic mass is 9.84. The fourth-order valence-corrected chi connectivity index (χ4v) is 5.08. The maximum absolute atomic E-state index is 10.5. The van der Waals surface area contributed by atoms with Crippen LogP contribution in [0.1, 0.15) is 49.1 Å². The second kappa shape index (κ2) is 10.7. The number of hydrogen-bond acceptors (Lipinski definition) is 4. The third kappa shape index (κ3) is 6.15. The third-order valence-electron chi connectivity index (χ3n) is 6.75. The minimum Gasteiger partial charge on any atom is -0.491 e. The highest BCUT2D eigenvalue weighted by Gasteiger charge is 2.21. The second-order valence-corrected chi connectivity index (χ2v) is 9.52. The fourth-order valence-electron chi connectivity index (χ4n) is 4.91. The molecule has 2 aliphatic rings. The second-order valence-electron chi connectivity index (χ2n) is 9.09. The maximum atomic E-state index is 10.5. The van der Waals surface area contributed by atoms with E-state index in [4.69, 9.17) is 16.3 Å². The zero-order valence-corrected chi connectivity index (χ0v) is 19.4. The van der Waals surface area contributed by atoms with Crippen molar-refractivity contribution >= 4 is 17.3 Å². The molecule has 1 heterocycles. The average Bonchev–Trinajstić information content (AvgIpc) is 2.81. The number of halogens is 1. The number of anilines is 1. The van der Waals surface area contributed by atoms with Gasteiger partial charge in [-0.1, -0.05) is 49.1 Å². The summed E-state index contributed by atoms with van der Waals surface area (Å²) in [6, 6.07) is 14.6. The number of aryl methyl sites for hydroxylation is 1. The van der Waals surface area contributed by atoms with Crippen LogP contribution in [0.25, 0.3) is 0 Å². The molecule has 2 aromatic carbocycles. The van der Waals surface area contributed by atoms with Gasteiger partial charge >= 0.3 is 0 Å². The van der Waals surface area contributed by atoms with Crippen LogP contribution in [-0.2, 0) is 0 Å². The number of hydrogen-bond donors (Lipinski definition) is 1. The molecule has 1 aliphatic carbocycles. The Balaban J connectivity index is 1.20. The summed E-state index contributed by atoms with van der Waals surface area (Å²) in [5, 5.41) is 11.3. The Morgan fingerprint density at radius 1 is 1.00 bits per heavy atom. The first-order valence-electron chi connectivity index (χ1n) is 11.7. The summed E-state index contributed by atoms with van der Waals surface area (Å²) < 4.78 is 5.87. The van der Waals surface area contributed by atoms with E-state index in [1.165, 1.54) is 48.9 Å². The van der Waals surface area contributed by atoms with Gasteiger partial charge in [-0.15, -0.1) is 0 Å². The smallest absolute Gasteiger partial charge is 0.119 e. The van der Waals surface area contributed by atoms with Gasteiger partial charge in [0.05, 0.1) is 0 Å². The lowest BCUT2D eigenvalue weighted by molar-refractivity contribution is 0.0663. The predicted molar refractivity (Wildman–Crippen MR) is 129 cm³/mol. The van der Waals surface area contributed by atoms with Crippen molar-refractivity contribution in [3.8, 4) is 5.75 Å². The Morgan fingerprint density at radius 2 is 1.71 bits per heavy atom. The number of aliphatic hydroxyl groups is 1. The van der Waals surface area contributed by atoms with Crippen molar-refractivity contribution in [3.63, 3.8) is 0 Å². The number of β-amino-alcohol motifs (C(OH)–C–C–N with tert-alkyl or cyclic N) is 1. The summed E-state index contributed by atoms with van der Waals surface area (Å²) >= 11 is 6.18. The molecule has 31 heavy (non-hydrogen) atoms. The van der Waals surface area contributed by atoms with E-state index in [1.807, 2.05) is 6.07 Å². The molecule has 1 saturated heterocycles. The van der Waals surface area contributed by atoms with Crippen LogP contribution in [0, 0.1) is 6.92 Å². The van der Waals surface area contributed by atoms with Gasteiger partial charge in [0.1, 0.15) is 18.5 Å². The van der Waals surface area contributed by atoms with E-state index in [2.05, 4.69) is 53.1 Å². The summed E-state index contributed by atoms with van der Waals surface area (Å²) in [5.74, 6) is 1.56. The highest BCUT2D eigenvalue weighted by atomic mass is 35.5. The lowest BCUT2D eigenvalue weighted by Gasteiger charge is -2.37. The standard InChI is InChI=1S/C26H35ClN2O2/c1-20-7-10-23(27)17-26(20)29-15-13-28(14-16-29)18-24(30)19-31-25-11-8-22(9-12-25)21-5-3-2-4-6-21/h7-12,17,21,24,30H,2-6,13-16,18-19H2,1H3. The van der Waals surface area contributed by atoms with Gasteiger partial charge in [-0.2, -0.15) is 0 Å².